The number of phenolic OH excluding ortho intramolecular Hbond substituents is 2. The molecule has 1 heterocycles. The number of carbonyl (C=O) groups excluding carboxylic acids is 2. The first-order chi connectivity index (χ1) is 12.6. The smallest absolute Gasteiger partial charge is 0.342 e. The van der Waals surface area contributed by atoms with Crippen LogP contribution in [0.5, 0.6) is 11.5 Å². The Hall–Kier alpha value is -2.09. The van der Waals surface area contributed by atoms with Gasteiger partial charge >= 0.3 is 5.97 Å². The topological polar surface area (TPSA) is 124 Å². The highest BCUT2D eigenvalue weighted by Gasteiger charge is 2.27. The number of ether oxygens (including phenoxy) is 1. The maximum atomic E-state index is 12.6. The van der Waals surface area contributed by atoms with Crippen molar-refractivity contribution in [2.75, 3.05) is 0 Å². The maximum Gasteiger partial charge on any atom is 0.342 e. The fourth-order valence-corrected chi connectivity index (χ4v) is 3.35. The highest BCUT2D eigenvalue weighted by molar-refractivity contribution is 6.33. The van der Waals surface area contributed by atoms with Gasteiger partial charge in [-0.25, -0.2) is 4.79 Å². The number of cyclic esters (lactones) is 1. The van der Waals surface area contributed by atoms with E-state index in [0.29, 0.717) is 5.57 Å². The van der Waals surface area contributed by atoms with Gasteiger partial charge in [-0.1, -0.05) is 17.2 Å². The van der Waals surface area contributed by atoms with Crippen LogP contribution in [-0.4, -0.2) is 50.5 Å². The van der Waals surface area contributed by atoms with Crippen LogP contribution in [0.2, 0.25) is 5.02 Å². The lowest BCUT2D eigenvalue weighted by atomic mass is 9.96. The molecule has 0 aliphatic carbocycles. The van der Waals surface area contributed by atoms with Gasteiger partial charge in [0.1, 0.15) is 29.3 Å². The summed E-state index contributed by atoms with van der Waals surface area (Å²) in [5.74, 6) is -2.26. The zero-order chi connectivity index (χ0) is 20.3. The number of aromatic hydroxyl groups is 2. The van der Waals surface area contributed by atoms with Gasteiger partial charge in [0.2, 0.25) is 0 Å². The second-order valence-corrected chi connectivity index (χ2v) is 7.18. The first-order valence-electron chi connectivity index (χ1n) is 8.63. The predicted molar refractivity (Wildman–Crippen MR) is 98.0 cm³/mol. The van der Waals surface area contributed by atoms with E-state index in [1.165, 1.54) is 6.08 Å². The molecule has 3 atom stereocenters. The van der Waals surface area contributed by atoms with Gasteiger partial charge in [0.15, 0.2) is 5.78 Å². The van der Waals surface area contributed by atoms with E-state index < -0.39 is 35.8 Å². The Bertz CT molecular complexity index is 772. The molecule has 1 aromatic rings. The van der Waals surface area contributed by atoms with Crippen LogP contribution in [0.3, 0.4) is 0 Å². The summed E-state index contributed by atoms with van der Waals surface area (Å²) in [5.41, 5.74) is 0.606. The lowest BCUT2D eigenvalue weighted by Gasteiger charge is -2.20. The molecular formula is C19H23ClO7. The van der Waals surface area contributed by atoms with Crippen molar-refractivity contribution >= 4 is 23.4 Å². The molecule has 0 saturated carbocycles. The van der Waals surface area contributed by atoms with E-state index in [9.17, 15) is 30.0 Å². The molecular weight excluding hydrogens is 376 g/mol. The first kappa shape index (κ1) is 21.2. The Morgan fingerprint density at radius 1 is 1.19 bits per heavy atom. The average molecular weight is 399 g/mol. The van der Waals surface area contributed by atoms with Crippen molar-refractivity contribution in [3.63, 3.8) is 0 Å². The van der Waals surface area contributed by atoms with E-state index in [0.717, 1.165) is 6.07 Å². The van der Waals surface area contributed by atoms with E-state index in [-0.39, 0.29) is 47.6 Å². The molecule has 0 bridgehead atoms. The number of rotatable bonds is 0. The molecule has 0 fully saturated rings. The van der Waals surface area contributed by atoms with E-state index in [1.807, 2.05) is 0 Å². The molecule has 27 heavy (non-hydrogen) atoms. The maximum absolute atomic E-state index is 12.6. The van der Waals surface area contributed by atoms with Crippen molar-refractivity contribution in [2.24, 2.45) is 0 Å². The Labute approximate surface area is 161 Å². The molecule has 0 spiro atoms. The number of ketones is 1. The minimum atomic E-state index is -1.56. The van der Waals surface area contributed by atoms with Gasteiger partial charge in [0.05, 0.1) is 11.1 Å². The van der Waals surface area contributed by atoms with Crippen molar-refractivity contribution in [3.8, 4) is 11.5 Å². The molecule has 8 heteroatoms. The highest BCUT2D eigenvalue weighted by Crippen LogP contribution is 2.37. The van der Waals surface area contributed by atoms with Crippen molar-refractivity contribution in [3.05, 3.63) is 33.9 Å². The fraction of sp³-hybridized carbons (Fsp3) is 0.474. The number of aliphatic hydroxyl groups excluding tert-OH is 2. The Morgan fingerprint density at radius 2 is 1.85 bits per heavy atom. The molecule has 1 aliphatic heterocycles. The largest absolute Gasteiger partial charge is 0.507 e. The van der Waals surface area contributed by atoms with Crippen molar-refractivity contribution < 1.29 is 34.8 Å². The van der Waals surface area contributed by atoms with Crippen molar-refractivity contribution in [1.82, 2.24) is 0 Å². The highest BCUT2D eigenvalue weighted by atomic mass is 35.5. The molecule has 2 rings (SSSR count). The number of aliphatic hydroxyl groups is 2. The summed E-state index contributed by atoms with van der Waals surface area (Å²) < 4.78 is 5.35. The zero-order valence-electron chi connectivity index (χ0n) is 15.1. The van der Waals surface area contributed by atoms with Crippen LogP contribution >= 0.6 is 11.6 Å². The third-order valence-electron chi connectivity index (χ3n) is 4.41. The monoisotopic (exact) mass is 398 g/mol. The molecule has 1 aromatic carbocycles. The first-order valence-corrected chi connectivity index (χ1v) is 9.01. The van der Waals surface area contributed by atoms with E-state index >= 15 is 0 Å². The second kappa shape index (κ2) is 8.73. The summed E-state index contributed by atoms with van der Waals surface area (Å²) in [5, 5.41) is 39.9. The summed E-state index contributed by atoms with van der Waals surface area (Å²) in [4.78, 5) is 24.6. The Morgan fingerprint density at radius 3 is 2.52 bits per heavy atom. The van der Waals surface area contributed by atoms with Gasteiger partial charge in [-0.15, -0.1) is 0 Å². The van der Waals surface area contributed by atoms with Crippen molar-refractivity contribution in [2.45, 2.75) is 57.8 Å². The summed E-state index contributed by atoms with van der Waals surface area (Å²) in [7, 11) is 0. The van der Waals surface area contributed by atoms with Crippen LogP contribution in [0, 0.1) is 0 Å². The van der Waals surface area contributed by atoms with Crippen molar-refractivity contribution in [1.29, 1.82) is 0 Å². The molecule has 0 radical (unpaired) electrons. The fourth-order valence-electron chi connectivity index (χ4n) is 3.11. The SMILES string of the molecule is C/C1=C/C(=O)[C@@H](O)[C@@H](O)CCCc2c(Cl)c(O)cc(O)c2C(=O)O[C@@H](C)C1. The molecule has 1 aliphatic rings. The zero-order valence-corrected chi connectivity index (χ0v) is 15.9. The Balaban J connectivity index is 2.45. The Kier molecular flexibility index (Phi) is 6.86. The summed E-state index contributed by atoms with van der Waals surface area (Å²) in [6.45, 7) is 3.27. The summed E-state index contributed by atoms with van der Waals surface area (Å²) >= 11 is 6.10. The number of fused-ring (bicyclic) bond motifs is 1. The summed E-state index contributed by atoms with van der Waals surface area (Å²) in [6, 6.07) is 0.971. The standard InChI is InChI=1S/C19H23ClO7/c1-9-6-10(2)27-19(26)16-11(17(20)14(23)8-13(16)22)4-3-5-12(21)18(25)15(24)7-9/h7-8,10,12,18,21-23,25H,3-6H2,1-2H3/b9-7-/t10-,12-,18-/m0/s1. The number of esters is 1. The average Bonchev–Trinajstić information content (AvgIpc) is 2.56. The van der Waals surface area contributed by atoms with E-state index in [4.69, 9.17) is 16.3 Å². The number of benzene rings is 1. The number of phenols is 2. The van der Waals surface area contributed by atoms with E-state index in [1.54, 1.807) is 13.8 Å². The van der Waals surface area contributed by atoms with Crippen LogP contribution < -0.4 is 0 Å². The minimum absolute atomic E-state index is 0.0530. The number of halogens is 1. The second-order valence-electron chi connectivity index (χ2n) is 6.80. The summed E-state index contributed by atoms with van der Waals surface area (Å²) in [6.07, 6.45) is -1.61. The predicted octanol–water partition coefficient (Wildman–Crippen LogP) is 2.26. The third kappa shape index (κ3) is 5.00. The number of carbonyl (C=O) groups is 2. The number of hydrogen-bond acceptors (Lipinski definition) is 7. The van der Waals surface area contributed by atoms with Gasteiger partial charge in [0, 0.05) is 12.5 Å². The van der Waals surface area contributed by atoms with Crippen LogP contribution in [0.15, 0.2) is 17.7 Å². The third-order valence-corrected chi connectivity index (χ3v) is 4.84. The van der Waals surface area contributed by atoms with Gasteiger partial charge < -0.3 is 25.2 Å². The lowest BCUT2D eigenvalue weighted by Crippen LogP contribution is -2.33. The van der Waals surface area contributed by atoms with Gasteiger partial charge in [0.25, 0.3) is 0 Å². The quantitative estimate of drug-likeness (QED) is 0.494. The van der Waals surface area contributed by atoms with Crippen LogP contribution in [0.1, 0.15) is 49.0 Å². The van der Waals surface area contributed by atoms with Gasteiger partial charge in [-0.05, 0) is 44.7 Å². The molecule has 0 aromatic heterocycles. The van der Waals surface area contributed by atoms with Crippen LogP contribution in [0.4, 0.5) is 0 Å². The minimum Gasteiger partial charge on any atom is -0.507 e. The molecule has 0 amide bonds. The molecule has 148 valence electrons. The van der Waals surface area contributed by atoms with Gasteiger partial charge in [-0.3, -0.25) is 4.79 Å². The molecule has 4 N–H and O–H groups in total. The van der Waals surface area contributed by atoms with Crippen LogP contribution in [0.25, 0.3) is 0 Å². The molecule has 0 unspecified atom stereocenters. The number of hydrogen-bond donors (Lipinski definition) is 4. The normalized spacial score (nSPS) is 27.1. The molecule has 7 nitrogen and oxygen atoms in total. The molecule has 0 saturated heterocycles. The van der Waals surface area contributed by atoms with E-state index in [2.05, 4.69) is 0 Å². The lowest BCUT2D eigenvalue weighted by molar-refractivity contribution is -0.128. The van der Waals surface area contributed by atoms with Crippen LogP contribution in [-0.2, 0) is 16.0 Å². The van der Waals surface area contributed by atoms with Gasteiger partial charge in [-0.2, -0.15) is 0 Å².